The summed E-state index contributed by atoms with van der Waals surface area (Å²) in [5.41, 5.74) is 5.86. The molecule has 15 heavy (non-hydrogen) atoms. The van der Waals surface area contributed by atoms with Crippen LogP contribution in [-0.2, 0) is 4.79 Å². The second kappa shape index (κ2) is 4.08. The molecule has 2 rings (SSSR count). The number of aliphatic carboxylic acids is 1. The van der Waals surface area contributed by atoms with Crippen LogP contribution in [0.1, 0.15) is 12.8 Å². The van der Waals surface area contributed by atoms with Crippen LogP contribution < -0.4 is 16.4 Å². The molecule has 5 nitrogen and oxygen atoms in total. The molecular formula is C10H19N3O2. The van der Waals surface area contributed by atoms with Crippen molar-refractivity contribution in [2.45, 2.75) is 31.0 Å². The molecule has 2 fully saturated rings. The lowest BCUT2D eigenvalue weighted by Crippen LogP contribution is -2.75. The number of hydrogen-bond donors (Lipinski definition) is 4. The SMILES string of the molecule is CNC1C(NCC2CC2)C(N)C1C(=O)O. The molecule has 2 aliphatic carbocycles. The topological polar surface area (TPSA) is 87.4 Å². The molecule has 0 radical (unpaired) electrons. The maximum atomic E-state index is 10.9. The lowest BCUT2D eigenvalue weighted by Gasteiger charge is -2.48. The summed E-state index contributed by atoms with van der Waals surface area (Å²) in [6.45, 7) is 0.975. The third-order valence-corrected chi connectivity index (χ3v) is 3.56. The normalized spacial score (nSPS) is 39.9. The van der Waals surface area contributed by atoms with Gasteiger partial charge in [-0.15, -0.1) is 0 Å². The molecule has 0 aromatic carbocycles. The standard InChI is InChI=1S/C10H19N3O2/c1-12-8-6(10(14)15)7(11)9(8)13-4-5-2-3-5/h5-9,12-13H,2-4,11H2,1H3,(H,14,15). The Balaban J connectivity index is 1.85. The second-order valence-corrected chi connectivity index (χ2v) is 4.63. The molecule has 4 unspecified atom stereocenters. The third-order valence-electron chi connectivity index (χ3n) is 3.56. The van der Waals surface area contributed by atoms with Gasteiger partial charge in [0.25, 0.3) is 0 Å². The smallest absolute Gasteiger partial charge is 0.309 e. The van der Waals surface area contributed by atoms with Crippen LogP contribution in [0.4, 0.5) is 0 Å². The van der Waals surface area contributed by atoms with Crippen molar-refractivity contribution in [1.82, 2.24) is 10.6 Å². The third kappa shape index (κ3) is 2.00. The predicted octanol–water partition coefficient (Wildman–Crippen LogP) is -1.02. The average molecular weight is 213 g/mol. The Morgan fingerprint density at radius 1 is 1.47 bits per heavy atom. The van der Waals surface area contributed by atoms with Crippen molar-refractivity contribution >= 4 is 5.97 Å². The summed E-state index contributed by atoms with van der Waals surface area (Å²) >= 11 is 0. The van der Waals surface area contributed by atoms with Crippen molar-refractivity contribution in [2.24, 2.45) is 17.6 Å². The van der Waals surface area contributed by atoms with E-state index >= 15 is 0 Å². The first-order valence-electron chi connectivity index (χ1n) is 5.54. The molecule has 86 valence electrons. The largest absolute Gasteiger partial charge is 0.481 e. The fraction of sp³-hybridized carbons (Fsp3) is 0.900. The quantitative estimate of drug-likeness (QED) is 0.470. The van der Waals surface area contributed by atoms with Crippen LogP contribution in [0.25, 0.3) is 0 Å². The number of hydrogen-bond acceptors (Lipinski definition) is 4. The predicted molar refractivity (Wildman–Crippen MR) is 56.5 cm³/mol. The first kappa shape index (κ1) is 10.9. The zero-order chi connectivity index (χ0) is 11.0. The minimum Gasteiger partial charge on any atom is -0.481 e. The van der Waals surface area contributed by atoms with Crippen LogP contribution >= 0.6 is 0 Å². The molecule has 5 N–H and O–H groups in total. The zero-order valence-corrected chi connectivity index (χ0v) is 8.94. The second-order valence-electron chi connectivity index (χ2n) is 4.63. The molecule has 2 saturated carbocycles. The van der Waals surface area contributed by atoms with Crippen molar-refractivity contribution in [3.8, 4) is 0 Å². The van der Waals surface area contributed by atoms with Gasteiger partial charge in [0.2, 0.25) is 0 Å². The highest BCUT2D eigenvalue weighted by molar-refractivity contribution is 5.74. The number of nitrogens with two attached hydrogens (primary N) is 1. The molecule has 2 aliphatic rings. The molecule has 0 saturated heterocycles. The number of carboxylic acids is 1. The molecule has 0 spiro atoms. The van der Waals surface area contributed by atoms with Crippen molar-refractivity contribution in [2.75, 3.05) is 13.6 Å². The molecule has 4 atom stereocenters. The highest BCUT2D eigenvalue weighted by atomic mass is 16.4. The minimum absolute atomic E-state index is 0.0313. The Hall–Kier alpha value is -0.650. The van der Waals surface area contributed by atoms with Gasteiger partial charge in [0.15, 0.2) is 0 Å². The van der Waals surface area contributed by atoms with Crippen LogP contribution in [0.15, 0.2) is 0 Å². The van der Waals surface area contributed by atoms with Gasteiger partial charge in [-0.1, -0.05) is 0 Å². The summed E-state index contributed by atoms with van der Waals surface area (Å²) in [5.74, 6) is -0.461. The molecule has 0 bridgehead atoms. The van der Waals surface area contributed by atoms with Gasteiger partial charge < -0.3 is 21.5 Å². The number of carboxylic acid groups (broad SMARTS) is 1. The van der Waals surface area contributed by atoms with Crippen LogP contribution in [0, 0.1) is 11.8 Å². The lowest BCUT2D eigenvalue weighted by molar-refractivity contribution is -0.148. The molecule has 0 aromatic heterocycles. The average Bonchev–Trinajstić information content (AvgIpc) is 2.96. The van der Waals surface area contributed by atoms with Gasteiger partial charge in [-0.05, 0) is 32.4 Å². The van der Waals surface area contributed by atoms with Crippen molar-refractivity contribution < 1.29 is 9.90 Å². The van der Waals surface area contributed by atoms with Gasteiger partial charge in [0.1, 0.15) is 0 Å². The minimum atomic E-state index is -0.800. The van der Waals surface area contributed by atoms with Crippen molar-refractivity contribution in [3.63, 3.8) is 0 Å². The molecule has 0 aliphatic heterocycles. The Kier molecular flexibility index (Phi) is 2.95. The van der Waals surface area contributed by atoms with Crippen LogP contribution in [0.3, 0.4) is 0 Å². The monoisotopic (exact) mass is 213 g/mol. The van der Waals surface area contributed by atoms with Gasteiger partial charge in [0.05, 0.1) is 5.92 Å². The highest BCUT2D eigenvalue weighted by Crippen LogP contribution is 2.31. The van der Waals surface area contributed by atoms with Crippen LogP contribution in [-0.4, -0.2) is 42.8 Å². The van der Waals surface area contributed by atoms with Gasteiger partial charge in [-0.2, -0.15) is 0 Å². The van der Waals surface area contributed by atoms with E-state index in [9.17, 15) is 4.79 Å². The number of rotatable bonds is 5. The summed E-state index contributed by atoms with van der Waals surface area (Å²) < 4.78 is 0. The zero-order valence-electron chi connectivity index (χ0n) is 8.94. The van der Waals surface area contributed by atoms with E-state index in [-0.39, 0.29) is 18.1 Å². The Morgan fingerprint density at radius 3 is 2.60 bits per heavy atom. The van der Waals surface area contributed by atoms with E-state index in [2.05, 4.69) is 10.6 Å². The first-order valence-corrected chi connectivity index (χ1v) is 5.54. The summed E-state index contributed by atoms with van der Waals surface area (Å²) in [4.78, 5) is 10.9. The number of nitrogens with one attached hydrogen (secondary N) is 2. The van der Waals surface area contributed by atoms with Gasteiger partial charge >= 0.3 is 5.97 Å². The van der Waals surface area contributed by atoms with Crippen LogP contribution in [0.2, 0.25) is 0 Å². The van der Waals surface area contributed by atoms with Gasteiger partial charge in [-0.25, -0.2) is 0 Å². The van der Waals surface area contributed by atoms with E-state index in [1.807, 2.05) is 0 Å². The maximum Gasteiger partial charge on any atom is 0.309 e. The Morgan fingerprint density at radius 2 is 2.13 bits per heavy atom. The maximum absolute atomic E-state index is 10.9. The number of likely N-dealkylation sites (N-methyl/N-ethyl adjacent to an activating group) is 1. The van der Waals surface area contributed by atoms with E-state index in [0.29, 0.717) is 0 Å². The van der Waals surface area contributed by atoms with Crippen LogP contribution in [0.5, 0.6) is 0 Å². The van der Waals surface area contributed by atoms with E-state index in [1.54, 1.807) is 7.05 Å². The van der Waals surface area contributed by atoms with Gasteiger partial charge in [-0.3, -0.25) is 4.79 Å². The molecular weight excluding hydrogens is 194 g/mol. The first-order chi connectivity index (χ1) is 7.15. The fourth-order valence-electron chi connectivity index (χ4n) is 2.35. The van der Waals surface area contributed by atoms with Gasteiger partial charge in [0, 0.05) is 18.1 Å². The highest BCUT2D eigenvalue weighted by Gasteiger charge is 2.51. The fourth-order valence-corrected chi connectivity index (χ4v) is 2.35. The molecule has 0 aromatic rings. The van der Waals surface area contributed by atoms with Crippen molar-refractivity contribution in [3.05, 3.63) is 0 Å². The Bertz CT molecular complexity index is 255. The van der Waals surface area contributed by atoms with E-state index in [1.165, 1.54) is 12.8 Å². The summed E-state index contributed by atoms with van der Waals surface area (Å²) in [7, 11) is 1.79. The summed E-state index contributed by atoms with van der Waals surface area (Å²) in [6, 6.07) is -0.188. The van der Waals surface area contributed by atoms with E-state index < -0.39 is 11.9 Å². The van der Waals surface area contributed by atoms with E-state index in [4.69, 9.17) is 10.8 Å². The lowest BCUT2D eigenvalue weighted by atomic mass is 9.70. The number of carbonyl (C=O) groups is 1. The summed E-state index contributed by atoms with van der Waals surface area (Å²) in [6.07, 6.45) is 2.59. The molecule has 0 amide bonds. The summed E-state index contributed by atoms with van der Waals surface area (Å²) in [5, 5.41) is 15.4. The van der Waals surface area contributed by atoms with Crippen molar-refractivity contribution in [1.29, 1.82) is 0 Å². The molecule has 0 heterocycles. The Labute approximate surface area is 89.4 Å². The van der Waals surface area contributed by atoms with E-state index in [0.717, 1.165) is 12.5 Å². The molecule has 5 heteroatoms.